The summed E-state index contributed by atoms with van der Waals surface area (Å²) < 4.78 is 4.96. The van der Waals surface area contributed by atoms with Gasteiger partial charge in [-0.2, -0.15) is 0 Å². The SMILES string of the molecule is COCCCNC(=O)CN1CCN(C(=O)CCNC(=O)N(C)Cc2ccccc2)CC1. The van der Waals surface area contributed by atoms with Crippen molar-refractivity contribution in [2.24, 2.45) is 0 Å². The lowest BCUT2D eigenvalue weighted by Crippen LogP contribution is -2.51. The van der Waals surface area contributed by atoms with Gasteiger partial charge < -0.3 is 25.2 Å². The number of piperazine rings is 1. The van der Waals surface area contributed by atoms with E-state index >= 15 is 0 Å². The average molecular weight is 434 g/mol. The number of nitrogens with one attached hydrogen (secondary N) is 2. The number of benzene rings is 1. The van der Waals surface area contributed by atoms with Crippen molar-refractivity contribution in [3.63, 3.8) is 0 Å². The smallest absolute Gasteiger partial charge is 0.317 e. The van der Waals surface area contributed by atoms with E-state index < -0.39 is 0 Å². The fourth-order valence-electron chi connectivity index (χ4n) is 3.36. The molecule has 0 radical (unpaired) electrons. The van der Waals surface area contributed by atoms with Crippen LogP contribution in [-0.2, 0) is 20.9 Å². The first-order valence-electron chi connectivity index (χ1n) is 10.8. The molecule has 0 spiro atoms. The van der Waals surface area contributed by atoms with Crippen molar-refractivity contribution in [2.75, 3.05) is 66.6 Å². The molecule has 0 aromatic heterocycles. The Hall–Kier alpha value is -2.65. The quantitative estimate of drug-likeness (QED) is 0.496. The van der Waals surface area contributed by atoms with Crippen LogP contribution in [0.2, 0.25) is 0 Å². The van der Waals surface area contributed by atoms with Crippen LogP contribution in [0.4, 0.5) is 4.79 Å². The molecule has 1 aromatic rings. The van der Waals surface area contributed by atoms with Crippen molar-refractivity contribution in [1.82, 2.24) is 25.3 Å². The number of carbonyl (C=O) groups excluding carboxylic acids is 3. The molecule has 1 fully saturated rings. The highest BCUT2D eigenvalue weighted by Gasteiger charge is 2.22. The minimum atomic E-state index is -0.196. The summed E-state index contributed by atoms with van der Waals surface area (Å²) in [5.74, 6) is 0.0212. The number of rotatable bonds is 11. The molecule has 2 rings (SSSR count). The zero-order valence-electron chi connectivity index (χ0n) is 18.6. The van der Waals surface area contributed by atoms with Crippen molar-refractivity contribution in [1.29, 1.82) is 0 Å². The van der Waals surface area contributed by atoms with Crippen LogP contribution < -0.4 is 10.6 Å². The average Bonchev–Trinajstić information content (AvgIpc) is 2.77. The molecule has 172 valence electrons. The number of carbonyl (C=O) groups is 3. The third-order valence-electron chi connectivity index (χ3n) is 5.16. The van der Waals surface area contributed by atoms with E-state index in [2.05, 4.69) is 15.5 Å². The largest absolute Gasteiger partial charge is 0.385 e. The highest BCUT2D eigenvalue weighted by molar-refractivity contribution is 5.79. The van der Waals surface area contributed by atoms with Gasteiger partial charge in [0.15, 0.2) is 0 Å². The van der Waals surface area contributed by atoms with Gasteiger partial charge in [0.05, 0.1) is 6.54 Å². The van der Waals surface area contributed by atoms with Crippen LogP contribution in [0, 0.1) is 0 Å². The maximum atomic E-state index is 12.4. The Morgan fingerprint density at radius 1 is 1.03 bits per heavy atom. The first-order chi connectivity index (χ1) is 15.0. The van der Waals surface area contributed by atoms with Gasteiger partial charge in [0.1, 0.15) is 0 Å². The molecule has 4 amide bonds. The molecule has 1 aromatic carbocycles. The fraction of sp³-hybridized carbons (Fsp3) is 0.591. The molecular formula is C22H35N5O4. The third-order valence-corrected chi connectivity index (χ3v) is 5.16. The van der Waals surface area contributed by atoms with E-state index in [-0.39, 0.29) is 24.3 Å². The summed E-state index contributed by atoms with van der Waals surface area (Å²) in [6.07, 6.45) is 1.06. The number of urea groups is 1. The van der Waals surface area contributed by atoms with E-state index in [1.54, 1.807) is 24.0 Å². The molecule has 9 nitrogen and oxygen atoms in total. The number of amides is 4. The molecule has 0 bridgehead atoms. The van der Waals surface area contributed by atoms with Crippen LogP contribution in [0.1, 0.15) is 18.4 Å². The Morgan fingerprint density at radius 2 is 1.74 bits per heavy atom. The van der Waals surface area contributed by atoms with E-state index in [1.807, 2.05) is 30.3 Å². The fourth-order valence-corrected chi connectivity index (χ4v) is 3.36. The summed E-state index contributed by atoms with van der Waals surface area (Å²) in [7, 11) is 3.37. The maximum absolute atomic E-state index is 12.4. The van der Waals surface area contributed by atoms with Gasteiger partial charge in [-0.1, -0.05) is 30.3 Å². The van der Waals surface area contributed by atoms with Crippen LogP contribution in [0.5, 0.6) is 0 Å². The Morgan fingerprint density at radius 3 is 2.42 bits per heavy atom. The van der Waals surface area contributed by atoms with Crippen molar-refractivity contribution in [2.45, 2.75) is 19.4 Å². The predicted molar refractivity (Wildman–Crippen MR) is 118 cm³/mol. The summed E-state index contributed by atoms with van der Waals surface area (Å²) in [5, 5.41) is 5.68. The Kier molecular flexibility index (Phi) is 10.8. The van der Waals surface area contributed by atoms with Gasteiger partial charge >= 0.3 is 6.03 Å². The lowest BCUT2D eigenvalue weighted by molar-refractivity contribution is -0.133. The van der Waals surface area contributed by atoms with Crippen molar-refractivity contribution < 1.29 is 19.1 Å². The second kappa shape index (κ2) is 13.6. The van der Waals surface area contributed by atoms with E-state index in [0.717, 1.165) is 12.0 Å². The number of nitrogens with zero attached hydrogens (tertiary/aromatic N) is 3. The molecule has 1 heterocycles. The Bertz CT molecular complexity index is 692. The van der Waals surface area contributed by atoms with Gasteiger partial charge in [-0.3, -0.25) is 14.5 Å². The second-order valence-electron chi connectivity index (χ2n) is 7.68. The molecule has 1 saturated heterocycles. The van der Waals surface area contributed by atoms with Gasteiger partial charge in [0.25, 0.3) is 0 Å². The number of hydrogen-bond donors (Lipinski definition) is 2. The van der Waals surface area contributed by atoms with E-state index in [0.29, 0.717) is 59.0 Å². The predicted octanol–water partition coefficient (Wildman–Crippen LogP) is 0.515. The van der Waals surface area contributed by atoms with Crippen molar-refractivity contribution >= 4 is 17.8 Å². The molecule has 2 N–H and O–H groups in total. The first kappa shape index (κ1) is 24.6. The van der Waals surface area contributed by atoms with Crippen LogP contribution in [0.15, 0.2) is 30.3 Å². The minimum absolute atomic E-state index is 0.00165. The van der Waals surface area contributed by atoms with Crippen molar-refractivity contribution in [3.05, 3.63) is 35.9 Å². The maximum Gasteiger partial charge on any atom is 0.317 e. The summed E-state index contributed by atoms with van der Waals surface area (Å²) in [6, 6.07) is 9.56. The lowest BCUT2D eigenvalue weighted by Gasteiger charge is -2.34. The molecule has 9 heteroatoms. The van der Waals surface area contributed by atoms with E-state index in [1.165, 1.54) is 0 Å². The molecule has 1 aliphatic rings. The van der Waals surface area contributed by atoms with E-state index in [4.69, 9.17) is 4.74 Å². The number of ether oxygens (including phenoxy) is 1. The summed E-state index contributed by atoms with van der Waals surface area (Å²) in [4.78, 5) is 42.0. The van der Waals surface area contributed by atoms with Gasteiger partial charge in [-0.15, -0.1) is 0 Å². The van der Waals surface area contributed by atoms with Gasteiger partial charge in [-0.25, -0.2) is 4.79 Å². The standard InChI is InChI=1S/C22H35N5O4/c1-25(17-19-7-4-3-5-8-19)22(30)24-11-9-21(29)27-14-12-26(13-15-27)18-20(28)23-10-6-16-31-2/h3-5,7-8H,6,9-18H2,1-2H3,(H,23,28)(H,24,30). The summed E-state index contributed by atoms with van der Waals surface area (Å²) in [5.41, 5.74) is 1.05. The highest BCUT2D eigenvalue weighted by atomic mass is 16.5. The molecule has 31 heavy (non-hydrogen) atoms. The van der Waals surface area contributed by atoms with Gasteiger partial charge in [0.2, 0.25) is 11.8 Å². The molecule has 1 aliphatic heterocycles. The molecular weight excluding hydrogens is 398 g/mol. The van der Waals surface area contributed by atoms with Gasteiger partial charge in [0, 0.05) is 73.0 Å². The Labute approximate surface area is 184 Å². The van der Waals surface area contributed by atoms with Crippen LogP contribution in [0.3, 0.4) is 0 Å². The van der Waals surface area contributed by atoms with Crippen molar-refractivity contribution in [3.8, 4) is 0 Å². The second-order valence-corrected chi connectivity index (χ2v) is 7.68. The zero-order chi connectivity index (χ0) is 22.5. The van der Waals surface area contributed by atoms with Crippen LogP contribution in [0.25, 0.3) is 0 Å². The highest BCUT2D eigenvalue weighted by Crippen LogP contribution is 2.05. The monoisotopic (exact) mass is 433 g/mol. The Balaban J connectivity index is 1.59. The van der Waals surface area contributed by atoms with Crippen LogP contribution in [-0.4, -0.2) is 99.1 Å². The summed E-state index contributed by atoms with van der Waals surface area (Å²) >= 11 is 0. The molecule has 0 saturated carbocycles. The number of hydrogen-bond acceptors (Lipinski definition) is 5. The topological polar surface area (TPSA) is 94.2 Å². The van der Waals surface area contributed by atoms with Crippen LogP contribution >= 0.6 is 0 Å². The van der Waals surface area contributed by atoms with E-state index in [9.17, 15) is 14.4 Å². The molecule has 0 atom stereocenters. The molecule has 0 unspecified atom stereocenters. The normalized spacial score (nSPS) is 14.2. The third kappa shape index (κ3) is 9.35. The summed E-state index contributed by atoms with van der Waals surface area (Å²) in [6.45, 7) is 4.94. The first-order valence-corrected chi connectivity index (χ1v) is 10.8. The molecule has 0 aliphatic carbocycles. The number of methoxy groups -OCH3 is 1. The van der Waals surface area contributed by atoms with Gasteiger partial charge in [-0.05, 0) is 12.0 Å². The minimum Gasteiger partial charge on any atom is -0.385 e. The zero-order valence-corrected chi connectivity index (χ0v) is 18.6. The lowest BCUT2D eigenvalue weighted by atomic mass is 10.2.